The molecule has 1 saturated heterocycles. The molecule has 5 heteroatoms. The van der Waals surface area contributed by atoms with Crippen LogP contribution in [0.1, 0.15) is 10.4 Å². The zero-order valence-corrected chi connectivity index (χ0v) is 10.4. The van der Waals surface area contributed by atoms with Gasteiger partial charge in [0.25, 0.3) is 0 Å². The van der Waals surface area contributed by atoms with Crippen molar-refractivity contribution in [2.75, 3.05) is 19.6 Å². The van der Waals surface area contributed by atoms with Crippen molar-refractivity contribution >= 4 is 23.1 Å². The van der Waals surface area contributed by atoms with E-state index in [0.29, 0.717) is 18.7 Å². The second-order valence-electron chi connectivity index (χ2n) is 4.68. The van der Waals surface area contributed by atoms with Crippen LogP contribution in [0.3, 0.4) is 0 Å². The molecule has 2 aromatic rings. The molecule has 0 spiro atoms. The van der Waals surface area contributed by atoms with Crippen molar-refractivity contribution < 1.29 is 9.59 Å². The highest BCUT2D eigenvalue weighted by Gasteiger charge is 2.29. The van der Waals surface area contributed by atoms with Crippen molar-refractivity contribution in [3.8, 4) is 0 Å². The van der Waals surface area contributed by atoms with Crippen LogP contribution in [-0.4, -0.2) is 47.8 Å². The Morgan fingerprint density at radius 1 is 1.37 bits per heavy atom. The van der Waals surface area contributed by atoms with Gasteiger partial charge in [-0.1, -0.05) is 18.2 Å². The average Bonchev–Trinajstić information content (AvgIpc) is 2.90. The maximum absolute atomic E-state index is 12.6. The van der Waals surface area contributed by atoms with Crippen LogP contribution >= 0.6 is 0 Å². The number of piperazine rings is 1. The van der Waals surface area contributed by atoms with E-state index < -0.39 is 6.04 Å². The predicted octanol–water partition coefficient (Wildman–Crippen LogP) is 0.781. The Kier molecular flexibility index (Phi) is 3.05. The zero-order chi connectivity index (χ0) is 13.2. The number of nitrogens with one attached hydrogen (secondary N) is 2. The van der Waals surface area contributed by atoms with E-state index in [2.05, 4.69) is 10.3 Å². The van der Waals surface area contributed by atoms with Crippen LogP contribution in [0.25, 0.3) is 10.9 Å². The van der Waals surface area contributed by atoms with Gasteiger partial charge in [-0.15, -0.1) is 0 Å². The van der Waals surface area contributed by atoms with Crippen LogP contribution in [0.5, 0.6) is 0 Å². The van der Waals surface area contributed by atoms with Crippen LogP contribution in [0, 0.1) is 0 Å². The number of benzene rings is 1. The van der Waals surface area contributed by atoms with Gasteiger partial charge in [0.2, 0.25) is 6.41 Å². The molecule has 1 unspecified atom stereocenters. The molecular weight excluding hydrogens is 242 g/mol. The van der Waals surface area contributed by atoms with E-state index in [1.807, 2.05) is 24.3 Å². The summed E-state index contributed by atoms with van der Waals surface area (Å²) in [6, 6.07) is 7.27. The molecule has 98 valence electrons. The number of Topliss-reactive ketones (excluding diaryl/α,β-unsaturated/α-hetero) is 1. The second-order valence-corrected chi connectivity index (χ2v) is 4.68. The van der Waals surface area contributed by atoms with E-state index in [-0.39, 0.29) is 5.78 Å². The molecule has 2 heterocycles. The van der Waals surface area contributed by atoms with E-state index in [9.17, 15) is 9.59 Å². The molecule has 1 aromatic carbocycles. The first-order valence-corrected chi connectivity index (χ1v) is 6.33. The van der Waals surface area contributed by atoms with Gasteiger partial charge in [0.05, 0.1) is 0 Å². The highest BCUT2D eigenvalue weighted by Crippen LogP contribution is 2.20. The van der Waals surface area contributed by atoms with Crippen molar-refractivity contribution in [3.63, 3.8) is 0 Å². The first kappa shape index (κ1) is 11.9. The molecule has 1 aromatic heterocycles. The van der Waals surface area contributed by atoms with Gasteiger partial charge in [-0.2, -0.15) is 0 Å². The van der Waals surface area contributed by atoms with Crippen LogP contribution in [0.2, 0.25) is 0 Å². The maximum Gasteiger partial charge on any atom is 0.210 e. The number of rotatable bonds is 3. The van der Waals surface area contributed by atoms with Gasteiger partial charge in [0.15, 0.2) is 5.78 Å². The lowest BCUT2D eigenvalue weighted by Gasteiger charge is -2.32. The van der Waals surface area contributed by atoms with Crippen molar-refractivity contribution in [1.82, 2.24) is 15.2 Å². The summed E-state index contributed by atoms with van der Waals surface area (Å²) in [5.74, 6) is -0.0169. The minimum atomic E-state index is -0.412. The molecule has 0 bridgehead atoms. The molecule has 2 N–H and O–H groups in total. The molecule has 1 amide bonds. The lowest BCUT2D eigenvalue weighted by molar-refractivity contribution is -0.120. The zero-order valence-electron chi connectivity index (χ0n) is 10.4. The molecule has 1 fully saturated rings. The Bertz CT molecular complexity index is 620. The number of carbonyl (C=O) groups is 2. The standard InChI is InChI=1S/C14H15N3O2/c18-9-17-6-5-15-8-13(17)14(19)11-7-16-12-4-2-1-3-10(11)12/h1-4,7,9,13,15-16H,5-6,8H2. The number of hydrogen-bond acceptors (Lipinski definition) is 3. The van der Waals surface area contributed by atoms with Crippen molar-refractivity contribution in [2.45, 2.75) is 6.04 Å². The van der Waals surface area contributed by atoms with Crippen LogP contribution in [0.4, 0.5) is 0 Å². The quantitative estimate of drug-likeness (QED) is 0.631. The normalized spacial score (nSPS) is 19.6. The van der Waals surface area contributed by atoms with E-state index in [4.69, 9.17) is 0 Å². The Labute approximate surface area is 110 Å². The highest BCUT2D eigenvalue weighted by atomic mass is 16.1. The number of hydrogen-bond donors (Lipinski definition) is 2. The summed E-state index contributed by atoms with van der Waals surface area (Å²) < 4.78 is 0. The van der Waals surface area contributed by atoms with Crippen LogP contribution in [0.15, 0.2) is 30.5 Å². The number of para-hydroxylation sites is 1. The summed E-state index contributed by atoms with van der Waals surface area (Å²) in [7, 11) is 0. The number of nitrogens with zero attached hydrogens (tertiary/aromatic N) is 1. The fourth-order valence-corrected chi connectivity index (χ4v) is 2.54. The molecule has 0 saturated carbocycles. The number of H-pyrrole nitrogens is 1. The first-order valence-electron chi connectivity index (χ1n) is 6.33. The topological polar surface area (TPSA) is 65.2 Å². The molecular formula is C14H15N3O2. The first-order chi connectivity index (χ1) is 9.31. The monoisotopic (exact) mass is 257 g/mol. The molecule has 3 rings (SSSR count). The molecule has 1 aliphatic rings. The van der Waals surface area contributed by atoms with Gasteiger partial charge < -0.3 is 15.2 Å². The van der Waals surface area contributed by atoms with Gasteiger partial charge in [0.1, 0.15) is 6.04 Å². The number of carbonyl (C=O) groups excluding carboxylic acids is 2. The molecule has 0 radical (unpaired) electrons. The molecule has 0 aliphatic carbocycles. The second kappa shape index (κ2) is 4.85. The summed E-state index contributed by atoms with van der Waals surface area (Å²) in [6.45, 7) is 1.82. The number of aromatic amines is 1. The fourth-order valence-electron chi connectivity index (χ4n) is 2.54. The minimum absolute atomic E-state index is 0.0169. The predicted molar refractivity (Wildman–Crippen MR) is 72.1 cm³/mol. The number of ketones is 1. The van der Waals surface area contributed by atoms with Gasteiger partial charge in [-0.05, 0) is 6.07 Å². The van der Waals surface area contributed by atoms with E-state index >= 15 is 0 Å². The Morgan fingerprint density at radius 2 is 2.21 bits per heavy atom. The fraction of sp³-hybridized carbons (Fsp3) is 0.286. The largest absolute Gasteiger partial charge is 0.360 e. The Morgan fingerprint density at radius 3 is 3.05 bits per heavy atom. The third kappa shape index (κ3) is 2.02. The van der Waals surface area contributed by atoms with Gasteiger partial charge in [-0.3, -0.25) is 9.59 Å². The maximum atomic E-state index is 12.6. The smallest absolute Gasteiger partial charge is 0.210 e. The Balaban J connectivity index is 1.96. The van der Waals surface area contributed by atoms with Gasteiger partial charge in [0, 0.05) is 42.3 Å². The third-order valence-corrected chi connectivity index (χ3v) is 3.58. The average molecular weight is 257 g/mol. The lowest BCUT2D eigenvalue weighted by atomic mass is 10.0. The van der Waals surface area contributed by atoms with Crippen LogP contribution < -0.4 is 5.32 Å². The summed E-state index contributed by atoms with van der Waals surface area (Å²) in [5, 5.41) is 4.06. The lowest BCUT2D eigenvalue weighted by Crippen LogP contribution is -2.54. The molecule has 1 atom stereocenters. The summed E-state index contributed by atoms with van der Waals surface area (Å²) in [6.07, 6.45) is 2.49. The minimum Gasteiger partial charge on any atom is -0.360 e. The van der Waals surface area contributed by atoms with Crippen molar-refractivity contribution in [3.05, 3.63) is 36.0 Å². The highest BCUT2D eigenvalue weighted by molar-refractivity contribution is 6.10. The Hall–Kier alpha value is -2.14. The summed E-state index contributed by atoms with van der Waals surface area (Å²) in [4.78, 5) is 28.3. The number of fused-ring (bicyclic) bond motifs is 1. The third-order valence-electron chi connectivity index (χ3n) is 3.58. The van der Waals surface area contributed by atoms with Gasteiger partial charge in [-0.25, -0.2) is 0 Å². The summed E-state index contributed by atoms with van der Waals surface area (Å²) >= 11 is 0. The van der Waals surface area contributed by atoms with E-state index in [1.165, 1.54) is 0 Å². The van der Waals surface area contributed by atoms with E-state index in [0.717, 1.165) is 23.9 Å². The van der Waals surface area contributed by atoms with E-state index in [1.54, 1.807) is 11.1 Å². The van der Waals surface area contributed by atoms with Crippen molar-refractivity contribution in [1.29, 1.82) is 0 Å². The van der Waals surface area contributed by atoms with Crippen molar-refractivity contribution in [2.24, 2.45) is 0 Å². The molecule has 19 heavy (non-hydrogen) atoms. The number of aromatic nitrogens is 1. The molecule has 5 nitrogen and oxygen atoms in total. The van der Waals surface area contributed by atoms with Crippen LogP contribution in [-0.2, 0) is 4.79 Å². The number of amides is 1. The molecule has 1 aliphatic heterocycles. The van der Waals surface area contributed by atoms with Gasteiger partial charge >= 0.3 is 0 Å². The SMILES string of the molecule is O=CN1CCNCC1C(=O)c1c[nH]c2ccccc12. The summed E-state index contributed by atoms with van der Waals surface area (Å²) in [5.41, 5.74) is 1.59.